The molecule has 2 N–H and O–H groups in total. The number of aromatic nitrogens is 1. The van der Waals surface area contributed by atoms with E-state index < -0.39 is 0 Å². The van der Waals surface area contributed by atoms with Gasteiger partial charge in [0, 0.05) is 36.0 Å². The van der Waals surface area contributed by atoms with E-state index in [9.17, 15) is 0 Å². The first-order valence-electron chi connectivity index (χ1n) is 6.29. The van der Waals surface area contributed by atoms with Gasteiger partial charge in [0.2, 0.25) is 0 Å². The van der Waals surface area contributed by atoms with Crippen LogP contribution >= 0.6 is 15.9 Å². The van der Waals surface area contributed by atoms with Crippen molar-refractivity contribution in [2.75, 3.05) is 19.6 Å². The Morgan fingerprint density at radius 1 is 1.59 bits per heavy atom. The lowest BCUT2D eigenvalue weighted by Gasteiger charge is -2.27. The van der Waals surface area contributed by atoms with Crippen LogP contribution in [-0.4, -0.2) is 29.5 Å². The van der Waals surface area contributed by atoms with Gasteiger partial charge in [-0.25, -0.2) is 0 Å². The summed E-state index contributed by atoms with van der Waals surface area (Å²) in [6, 6.07) is 2.45. The second-order valence-corrected chi connectivity index (χ2v) is 5.66. The van der Waals surface area contributed by atoms with Crippen molar-refractivity contribution in [3.63, 3.8) is 0 Å². The molecule has 1 aromatic rings. The molecule has 1 aromatic heterocycles. The lowest BCUT2D eigenvalue weighted by molar-refractivity contribution is 0.240. The molecule has 4 heteroatoms. The molecule has 0 aromatic carbocycles. The molecule has 1 fully saturated rings. The average molecular weight is 298 g/mol. The van der Waals surface area contributed by atoms with Gasteiger partial charge in [-0.1, -0.05) is 13.3 Å². The third-order valence-electron chi connectivity index (χ3n) is 3.67. The van der Waals surface area contributed by atoms with Gasteiger partial charge in [0.05, 0.1) is 0 Å². The van der Waals surface area contributed by atoms with Crippen LogP contribution in [0.25, 0.3) is 0 Å². The van der Waals surface area contributed by atoms with Crippen molar-refractivity contribution in [3.05, 3.63) is 28.5 Å². The van der Waals surface area contributed by atoms with Gasteiger partial charge in [-0.3, -0.25) is 9.88 Å². The third kappa shape index (κ3) is 3.06. The summed E-state index contributed by atoms with van der Waals surface area (Å²) in [6.45, 7) is 5.26. The van der Waals surface area contributed by atoms with Crippen LogP contribution in [0.5, 0.6) is 0 Å². The maximum absolute atomic E-state index is 5.94. The van der Waals surface area contributed by atoms with E-state index in [-0.39, 0.29) is 0 Å². The predicted octanol–water partition coefficient (Wildman–Crippen LogP) is 2.58. The predicted molar refractivity (Wildman–Crippen MR) is 73.7 cm³/mol. The summed E-state index contributed by atoms with van der Waals surface area (Å²) in [5.41, 5.74) is 7.16. The fourth-order valence-electron chi connectivity index (χ4n) is 2.59. The zero-order valence-corrected chi connectivity index (χ0v) is 11.9. The van der Waals surface area contributed by atoms with E-state index in [0.717, 1.165) is 16.9 Å². The number of hydrogen-bond acceptors (Lipinski definition) is 3. The van der Waals surface area contributed by atoms with Crippen LogP contribution < -0.4 is 5.73 Å². The van der Waals surface area contributed by atoms with E-state index >= 15 is 0 Å². The summed E-state index contributed by atoms with van der Waals surface area (Å²) >= 11 is 3.47. The first-order valence-corrected chi connectivity index (χ1v) is 7.08. The molecule has 1 aliphatic rings. The maximum Gasteiger partial charge on any atom is 0.0486 e. The Morgan fingerprint density at radius 3 is 3.00 bits per heavy atom. The standard InChI is InChI=1S/C13H20BrN3/c1-2-10-3-4-17(9-10)13(6-15)11-5-12(14)8-16-7-11/h5,7-8,10,13H,2-4,6,9,15H2,1H3. The molecule has 17 heavy (non-hydrogen) atoms. The number of nitrogens with two attached hydrogens (primary N) is 1. The van der Waals surface area contributed by atoms with Gasteiger partial charge >= 0.3 is 0 Å². The largest absolute Gasteiger partial charge is 0.329 e. The van der Waals surface area contributed by atoms with E-state index in [2.05, 4.69) is 38.8 Å². The molecule has 0 saturated carbocycles. The molecule has 0 aliphatic carbocycles. The summed E-state index contributed by atoms with van der Waals surface area (Å²) in [7, 11) is 0. The Bertz CT molecular complexity index is 369. The lowest BCUT2D eigenvalue weighted by atomic mass is 10.1. The zero-order valence-electron chi connectivity index (χ0n) is 10.3. The highest BCUT2D eigenvalue weighted by Gasteiger charge is 2.27. The fourth-order valence-corrected chi connectivity index (χ4v) is 2.97. The van der Waals surface area contributed by atoms with Crippen molar-refractivity contribution in [1.82, 2.24) is 9.88 Å². The quantitative estimate of drug-likeness (QED) is 0.929. The Hall–Kier alpha value is -0.450. The summed E-state index contributed by atoms with van der Waals surface area (Å²) in [5, 5.41) is 0. The van der Waals surface area contributed by atoms with E-state index in [1.807, 2.05) is 12.4 Å². The average Bonchev–Trinajstić information content (AvgIpc) is 2.79. The van der Waals surface area contributed by atoms with Crippen LogP contribution in [0.1, 0.15) is 31.4 Å². The Labute approximate surface area is 112 Å². The van der Waals surface area contributed by atoms with Gasteiger partial charge in [0.25, 0.3) is 0 Å². The Morgan fingerprint density at radius 2 is 2.41 bits per heavy atom. The Balaban J connectivity index is 2.11. The van der Waals surface area contributed by atoms with Crippen molar-refractivity contribution < 1.29 is 0 Å². The SMILES string of the molecule is CCC1CCN(C(CN)c2cncc(Br)c2)C1. The first-order chi connectivity index (χ1) is 8.24. The molecule has 0 spiro atoms. The topological polar surface area (TPSA) is 42.1 Å². The monoisotopic (exact) mass is 297 g/mol. The molecular formula is C13H20BrN3. The summed E-state index contributed by atoms with van der Waals surface area (Å²) in [4.78, 5) is 6.73. The highest BCUT2D eigenvalue weighted by atomic mass is 79.9. The molecule has 0 radical (unpaired) electrons. The number of rotatable bonds is 4. The first kappa shape index (κ1) is 13.0. The summed E-state index contributed by atoms with van der Waals surface area (Å²) in [6.07, 6.45) is 6.32. The molecule has 1 aliphatic heterocycles. The minimum absolute atomic E-state index is 0.316. The van der Waals surface area contributed by atoms with E-state index in [1.165, 1.54) is 24.9 Å². The minimum Gasteiger partial charge on any atom is -0.329 e. The number of hydrogen-bond donors (Lipinski definition) is 1. The zero-order chi connectivity index (χ0) is 12.3. The third-order valence-corrected chi connectivity index (χ3v) is 4.10. The highest BCUT2D eigenvalue weighted by molar-refractivity contribution is 9.10. The fraction of sp³-hybridized carbons (Fsp3) is 0.615. The van der Waals surface area contributed by atoms with Crippen molar-refractivity contribution in [3.8, 4) is 0 Å². The van der Waals surface area contributed by atoms with Crippen LogP contribution in [0, 0.1) is 5.92 Å². The van der Waals surface area contributed by atoms with Crippen molar-refractivity contribution in [1.29, 1.82) is 0 Å². The second-order valence-electron chi connectivity index (χ2n) is 4.75. The van der Waals surface area contributed by atoms with Gasteiger partial charge in [0.15, 0.2) is 0 Å². The van der Waals surface area contributed by atoms with Crippen LogP contribution in [0.15, 0.2) is 22.9 Å². The highest BCUT2D eigenvalue weighted by Crippen LogP contribution is 2.29. The van der Waals surface area contributed by atoms with Crippen molar-refractivity contribution in [2.24, 2.45) is 11.7 Å². The molecule has 2 rings (SSSR count). The van der Waals surface area contributed by atoms with Crippen LogP contribution in [0.3, 0.4) is 0 Å². The summed E-state index contributed by atoms with van der Waals surface area (Å²) in [5.74, 6) is 0.837. The van der Waals surface area contributed by atoms with Crippen LogP contribution in [0.2, 0.25) is 0 Å². The van der Waals surface area contributed by atoms with Crippen molar-refractivity contribution >= 4 is 15.9 Å². The van der Waals surface area contributed by atoms with Crippen molar-refractivity contribution in [2.45, 2.75) is 25.8 Å². The molecule has 3 nitrogen and oxygen atoms in total. The molecule has 94 valence electrons. The molecule has 2 unspecified atom stereocenters. The second kappa shape index (κ2) is 5.94. The normalized spacial score (nSPS) is 22.9. The molecular weight excluding hydrogens is 278 g/mol. The smallest absolute Gasteiger partial charge is 0.0486 e. The van der Waals surface area contributed by atoms with Crippen LogP contribution in [0.4, 0.5) is 0 Å². The van der Waals surface area contributed by atoms with Gasteiger partial charge in [-0.2, -0.15) is 0 Å². The Kier molecular flexibility index (Phi) is 4.54. The minimum atomic E-state index is 0.316. The number of nitrogens with zero attached hydrogens (tertiary/aromatic N) is 2. The number of halogens is 1. The van der Waals surface area contributed by atoms with Gasteiger partial charge < -0.3 is 5.73 Å². The molecule has 0 amide bonds. The van der Waals surface area contributed by atoms with Gasteiger partial charge in [-0.05, 0) is 46.4 Å². The number of likely N-dealkylation sites (tertiary alicyclic amines) is 1. The van der Waals surface area contributed by atoms with Gasteiger partial charge in [-0.15, -0.1) is 0 Å². The van der Waals surface area contributed by atoms with Crippen LogP contribution in [-0.2, 0) is 0 Å². The summed E-state index contributed by atoms with van der Waals surface area (Å²) < 4.78 is 1.03. The molecule has 2 atom stereocenters. The lowest BCUT2D eigenvalue weighted by Crippen LogP contribution is -2.32. The molecule has 0 bridgehead atoms. The van der Waals surface area contributed by atoms with Gasteiger partial charge in [0.1, 0.15) is 0 Å². The van der Waals surface area contributed by atoms with E-state index in [4.69, 9.17) is 5.73 Å². The molecule has 2 heterocycles. The maximum atomic E-state index is 5.94. The van der Waals surface area contributed by atoms with E-state index in [1.54, 1.807) is 0 Å². The number of pyridine rings is 1. The molecule has 1 saturated heterocycles. The van der Waals surface area contributed by atoms with E-state index in [0.29, 0.717) is 12.6 Å².